The molecule has 2 aromatic carbocycles. The third-order valence-corrected chi connectivity index (χ3v) is 5.58. The van der Waals surface area contributed by atoms with Crippen LogP contribution in [0.1, 0.15) is 37.8 Å². The summed E-state index contributed by atoms with van der Waals surface area (Å²) >= 11 is 0. The molecule has 2 atom stereocenters. The average molecular weight is 385 g/mol. The van der Waals surface area contributed by atoms with Crippen molar-refractivity contribution in [3.63, 3.8) is 0 Å². The minimum absolute atomic E-state index is 0.0516. The highest BCUT2D eigenvalue weighted by molar-refractivity contribution is 5.79. The Hall–Kier alpha value is -3.46. The van der Waals surface area contributed by atoms with Crippen LogP contribution in [-0.4, -0.2) is 27.4 Å². The van der Waals surface area contributed by atoms with Gasteiger partial charge in [0.15, 0.2) is 0 Å². The van der Waals surface area contributed by atoms with E-state index in [1.54, 1.807) is 6.20 Å². The van der Waals surface area contributed by atoms with E-state index in [-0.39, 0.29) is 17.9 Å². The van der Waals surface area contributed by atoms with Gasteiger partial charge < -0.3 is 5.32 Å². The topological polar surface area (TPSA) is 83.6 Å². The number of nitrogens with zero attached hydrogens (tertiary/aromatic N) is 4. The molecular formula is C23H23N5O. The molecule has 0 radical (unpaired) electrons. The van der Waals surface area contributed by atoms with Gasteiger partial charge in [0.25, 0.3) is 0 Å². The fourth-order valence-corrected chi connectivity index (χ4v) is 4.03. The fourth-order valence-electron chi connectivity index (χ4n) is 4.03. The molecule has 4 rings (SSSR count). The second-order valence-corrected chi connectivity index (χ2v) is 7.39. The standard InChI is InChI=1S/C23H23N5O/c1-2-25-23(29)20-11-12-21(13-20)28-22(15-26-27-28)19-9-7-18(8-10-19)17-5-3-16(14-24)4-6-17/h3-10,15,20-21H,2,11-13H2,1H3,(H,25,29)/t20-,21+/m0/s1. The van der Waals surface area contributed by atoms with Gasteiger partial charge in [-0.05, 0) is 49.4 Å². The van der Waals surface area contributed by atoms with Crippen molar-refractivity contribution in [1.29, 1.82) is 5.26 Å². The first-order valence-corrected chi connectivity index (χ1v) is 9.98. The lowest BCUT2D eigenvalue weighted by Gasteiger charge is -2.14. The van der Waals surface area contributed by atoms with Gasteiger partial charge in [-0.15, -0.1) is 5.10 Å². The molecule has 6 heteroatoms. The number of rotatable bonds is 5. The normalized spacial score (nSPS) is 18.3. The molecule has 146 valence electrons. The highest BCUT2D eigenvalue weighted by Crippen LogP contribution is 2.37. The molecule has 1 aliphatic carbocycles. The maximum Gasteiger partial charge on any atom is 0.223 e. The third-order valence-electron chi connectivity index (χ3n) is 5.58. The van der Waals surface area contributed by atoms with E-state index in [2.05, 4.69) is 46.0 Å². The van der Waals surface area contributed by atoms with E-state index in [9.17, 15) is 4.79 Å². The van der Waals surface area contributed by atoms with Gasteiger partial charge in [0, 0.05) is 18.0 Å². The summed E-state index contributed by atoms with van der Waals surface area (Å²) in [5.74, 6) is 0.194. The molecule has 0 saturated heterocycles. The summed E-state index contributed by atoms with van der Waals surface area (Å²) in [6.07, 6.45) is 4.40. The van der Waals surface area contributed by atoms with Crippen LogP contribution in [0.2, 0.25) is 0 Å². The largest absolute Gasteiger partial charge is 0.356 e. The summed E-state index contributed by atoms with van der Waals surface area (Å²) in [5, 5.41) is 20.3. The molecule has 3 aromatic rings. The van der Waals surface area contributed by atoms with Crippen LogP contribution in [0.15, 0.2) is 54.7 Å². The summed E-state index contributed by atoms with van der Waals surface area (Å²) in [6, 6.07) is 18.2. The van der Waals surface area contributed by atoms with Gasteiger partial charge in [-0.1, -0.05) is 41.6 Å². The second kappa shape index (κ2) is 8.27. The Morgan fingerprint density at radius 3 is 2.41 bits per heavy atom. The van der Waals surface area contributed by atoms with E-state index >= 15 is 0 Å². The molecule has 1 fully saturated rings. The van der Waals surface area contributed by atoms with Crippen molar-refractivity contribution >= 4 is 5.91 Å². The zero-order chi connectivity index (χ0) is 20.2. The van der Waals surface area contributed by atoms with Crippen LogP contribution in [0, 0.1) is 17.2 Å². The Morgan fingerprint density at radius 1 is 1.10 bits per heavy atom. The number of carbonyl (C=O) groups excluding carboxylic acids is 1. The lowest BCUT2D eigenvalue weighted by atomic mass is 10.0. The second-order valence-electron chi connectivity index (χ2n) is 7.39. The van der Waals surface area contributed by atoms with E-state index in [1.165, 1.54) is 0 Å². The van der Waals surface area contributed by atoms with Crippen molar-refractivity contribution in [1.82, 2.24) is 20.3 Å². The van der Waals surface area contributed by atoms with Gasteiger partial charge in [-0.3, -0.25) is 4.79 Å². The highest BCUT2D eigenvalue weighted by atomic mass is 16.1. The maximum absolute atomic E-state index is 12.2. The van der Waals surface area contributed by atoms with Gasteiger partial charge in [0.1, 0.15) is 0 Å². The molecule has 6 nitrogen and oxygen atoms in total. The fraction of sp³-hybridized carbons (Fsp3) is 0.304. The van der Waals surface area contributed by atoms with E-state index in [4.69, 9.17) is 5.26 Å². The van der Waals surface area contributed by atoms with E-state index in [0.29, 0.717) is 12.1 Å². The molecule has 0 spiro atoms. The molecule has 1 heterocycles. The number of nitrogens with one attached hydrogen (secondary N) is 1. The number of amides is 1. The first kappa shape index (κ1) is 18.9. The number of hydrogen-bond acceptors (Lipinski definition) is 4. The monoisotopic (exact) mass is 385 g/mol. The van der Waals surface area contributed by atoms with Crippen LogP contribution in [0.3, 0.4) is 0 Å². The van der Waals surface area contributed by atoms with Crippen molar-refractivity contribution in [3.8, 4) is 28.5 Å². The lowest BCUT2D eigenvalue weighted by molar-refractivity contribution is -0.124. The molecule has 1 aromatic heterocycles. The molecule has 1 aliphatic rings. The number of hydrogen-bond donors (Lipinski definition) is 1. The van der Waals surface area contributed by atoms with Gasteiger partial charge in [-0.2, -0.15) is 5.26 Å². The Kier molecular flexibility index (Phi) is 5.39. The van der Waals surface area contributed by atoms with Crippen LogP contribution in [-0.2, 0) is 4.79 Å². The molecule has 1 saturated carbocycles. The first-order chi connectivity index (χ1) is 14.2. The third kappa shape index (κ3) is 3.90. The summed E-state index contributed by atoms with van der Waals surface area (Å²) < 4.78 is 1.97. The number of benzene rings is 2. The van der Waals surface area contributed by atoms with Crippen LogP contribution in [0.25, 0.3) is 22.4 Å². The molecule has 1 N–H and O–H groups in total. The van der Waals surface area contributed by atoms with Gasteiger partial charge >= 0.3 is 0 Å². The predicted octanol–water partition coefficient (Wildman–Crippen LogP) is 3.96. The minimum atomic E-state index is 0.0516. The predicted molar refractivity (Wildman–Crippen MR) is 111 cm³/mol. The average Bonchev–Trinajstić information content (AvgIpc) is 3.44. The van der Waals surface area contributed by atoms with Crippen LogP contribution in [0.4, 0.5) is 0 Å². The van der Waals surface area contributed by atoms with Crippen LogP contribution in [0.5, 0.6) is 0 Å². The zero-order valence-corrected chi connectivity index (χ0v) is 16.4. The Balaban J connectivity index is 1.52. The Labute approximate surface area is 170 Å². The number of aromatic nitrogens is 3. The minimum Gasteiger partial charge on any atom is -0.356 e. The summed E-state index contributed by atoms with van der Waals surface area (Å²) in [5.41, 5.74) is 4.84. The molecule has 0 unspecified atom stereocenters. The molecule has 29 heavy (non-hydrogen) atoms. The lowest BCUT2D eigenvalue weighted by Crippen LogP contribution is -2.29. The highest BCUT2D eigenvalue weighted by Gasteiger charge is 2.32. The zero-order valence-electron chi connectivity index (χ0n) is 16.4. The number of nitriles is 1. The Morgan fingerprint density at radius 2 is 1.76 bits per heavy atom. The smallest absolute Gasteiger partial charge is 0.223 e. The number of carbonyl (C=O) groups is 1. The quantitative estimate of drug-likeness (QED) is 0.720. The Bertz CT molecular complexity index is 1030. The van der Waals surface area contributed by atoms with Crippen molar-refractivity contribution in [2.24, 2.45) is 5.92 Å². The summed E-state index contributed by atoms with van der Waals surface area (Å²) in [4.78, 5) is 12.2. The maximum atomic E-state index is 12.2. The van der Waals surface area contributed by atoms with E-state index < -0.39 is 0 Å². The molecule has 1 amide bonds. The van der Waals surface area contributed by atoms with Crippen molar-refractivity contribution in [2.75, 3.05) is 6.54 Å². The van der Waals surface area contributed by atoms with E-state index in [0.717, 1.165) is 41.6 Å². The molecule has 0 bridgehead atoms. The first-order valence-electron chi connectivity index (χ1n) is 9.98. The molecule has 0 aliphatic heterocycles. The van der Waals surface area contributed by atoms with Crippen molar-refractivity contribution in [3.05, 3.63) is 60.3 Å². The van der Waals surface area contributed by atoms with Crippen LogP contribution >= 0.6 is 0 Å². The van der Waals surface area contributed by atoms with E-state index in [1.807, 2.05) is 35.9 Å². The summed E-state index contributed by atoms with van der Waals surface area (Å²) in [7, 11) is 0. The van der Waals surface area contributed by atoms with Crippen molar-refractivity contribution < 1.29 is 4.79 Å². The molecular weight excluding hydrogens is 362 g/mol. The SMILES string of the molecule is CCNC(=O)[C@H]1CC[C@@H](n2nncc2-c2ccc(-c3ccc(C#N)cc3)cc2)C1. The van der Waals surface area contributed by atoms with Crippen molar-refractivity contribution in [2.45, 2.75) is 32.2 Å². The van der Waals surface area contributed by atoms with Gasteiger partial charge in [0.2, 0.25) is 5.91 Å². The van der Waals surface area contributed by atoms with Crippen LogP contribution < -0.4 is 5.32 Å². The van der Waals surface area contributed by atoms with Gasteiger partial charge in [-0.25, -0.2) is 4.68 Å². The summed E-state index contributed by atoms with van der Waals surface area (Å²) in [6.45, 7) is 2.61. The van der Waals surface area contributed by atoms with Gasteiger partial charge in [0.05, 0.1) is 29.6 Å².